The average Bonchev–Trinajstić information content (AvgIpc) is 2.45. The van der Waals surface area contributed by atoms with Crippen molar-refractivity contribution < 1.29 is 9.22 Å². The minimum atomic E-state index is -1.64. The van der Waals surface area contributed by atoms with E-state index in [4.69, 9.17) is 4.43 Å². The molecule has 0 aromatic rings. The first kappa shape index (κ1) is 22.8. The third-order valence-corrected chi connectivity index (χ3v) is 9.78. The van der Waals surface area contributed by atoms with E-state index in [9.17, 15) is 4.79 Å². The molecule has 0 N–H and O–H groups in total. The highest BCUT2D eigenvalue weighted by Crippen LogP contribution is 2.38. The predicted molar refractivity (Wildman–Crippen MR) is 105 cm³/mol. The van der Waals surface area contributed by atoms with E-state index >= 15 is 0 Å². The van der Waals surface area contributed by atoms with Crippen molar-refractivity contribution in [1.82, 2.24) is 0 Å². The van der Waals surface area contributed by atoms with Gasteiger partial charge in [-0.05, 0) is 37.4 Å². The van der Waals surface area contributed by atoms with Crippen molar-refractivity contribution in [3.63, 3.8) is 0 Å². The Morgan fingerprint density at radius 1 is 0.913 bits per heavy atom. The molecule has 0 saturated carbocycles. The van der Waals surface area contributed by atoms with Gasteiger partial charge in [0.05, 0.1) is 0 Å². The molecule has 1 atom stereocenters. The molecule has 0 amide bonds. The summed E-state index contributed by atoms with van der Waals surface area (Å²) >= 11 is 0. The number of rotatable bonds is 14. The topological polar surface area (TPSA) is 26.3 Å². The van der Waals surface area contributed by atoms with E-state index in [0.717, 1.165) is 19.1 Å². The molecule has 138 valence electrons. The summed E-state index contributed by atoms with van der Waals surface area (Å²) in [7, 11) is -1.64. The summed E-state index contributed by atoms with van der Waals surface area (Å²) in [5.74, 6) is 0. The lowest BCUT2D eigenvalue weighted by Crippen LogP contribution is -2.44. The smallest absolute Gasteiger partial charge is 0.192 e. The van der Waals surface area contributed by atoms with E-state index in [-0.39, 0.29) is 0 Å². The first-order chi connectivity index (χ1) is 10.7. The normalized spacial score (nSPS) is 14.0. The molecule has 0 aliphatic heterocycles. The van der Waals surface area contributed by atoms with Gasteiger partial charge in [0, 0.05) is 12.5 Å². The Bertz CT molecular complexity index is 295. The Labute approximate surface area is 146 Å². The van der Waals surface area contributed by atoms with Crippen molar-refractivity contribution in [3.8, 4) is 0 Å². The van der Waals surface area contributed by atoms with Gasteiger partial charge in [0.15, 0.2) is 8.32 Å². The molecule has 0 aromatic heterocycles. The molecule has 0 spiro atoms. The molecular weight excluding hydrogens is 300 g/mol. The van der Waals surface area contributed by atoms with Gasteiger partial charge in [-0.2, -0.15) is 0 Å². The Morgan fingerprint density at radius 3 is 1.96 bits per heavy atom. The molecule has 1 unspecified atom stereocenters. The summed E-state index contributed by atoms with van der Waals surface area (Å²) in [5, 5.41) is 0.302. The predicted octanol–water partition coefficient (Wildman–Crippen LogP) is 6.89. The highest BCUT2D eigenvalue weighted by Gasteiger charge is 2.38. The van der Waals surface area contributed by atoms with Crippen molar-refractivity contribution in [2.24, 2.45) is 0 Å². The fraction of sp³-hybridized carbons (Fsp3) is 0.950. The van der Waals surface area contributed by atoms with E-state index in [1.165, 1.54) is 57.8 Å². The molecule has 0 rings (SSSR count). The van der Waals surface area contributed by atoms with Crippen LogP contribution >= 0.6 is 0 Å². The lowest BCUT2D eigenvalue weighted by molar-refractivity contribution is -0.107. The van der Waals surface area contributed by atoms with Crippen LogP contribution in [0, 0.1) is 0 Å². The van der Waals surface area contributed by atoms with Gasteiger partial charge in [-0.1, -0.05) is 72.6 Å². The van der Waals surface area contributed by atoms with Crippen LogP contribution in [0.2, 0.25) is 18.1 Å². The molecule has 0 radical (unpaired) electrons. The molecule has 0 fully saturated rings. The second-order valence-corrected chi connectivity index (χ2v) is 13.3. The lowest BCUT2D eigenvalue weighted by Gasteiger charge is -2.39. The molecule has 2 nitrogen and oxygen atoms in total. The van der Waals surface area contributed by atoms with Crippen LogP contribution in [0.5, 0.6) is 0 Å². The van der Waals surface area contributed by atoms with Crippen LogP contribution in [0.25, 0.3) is 0 Å². The van der Waals surface area contributed by atoms with Gasteiger partial charge in [-0.3, -0.25) is 0 Å². The molecule has 0 saturated heterocycles. The molecule has 3 heteroatoms. The summed E-state index contributed by atoms with van der Waals surface area (Å²) in [5.41, 5.74) is 0. The van der Waals surface area contributed by atoms with Crippen LogP contribution < -0.4 is 0 Å². The van der Waals surface area contributed by atoms with Crippen LogP contribution in [0.1, 0.15) is 98.3 Å². The Hall–Kier alpha value is -0.153. The van der Waals surface area contributed by atoms with Crippen LogP contribution in [-0.2, 0) is 9.22 Å². The van der Waals surface area contributed by atoms with Gasteiger partial charge in [-0.25, -0.2) is 0 Å². The van der Waals surface area contributed by atoms with Crippen LogP contribution in [0.4, 0.5) is 0 Å². The molecule has 0 aliphatic carbocycles. The van der Waals surface area contributed by atoms with Crippen molar-refractivity contribution in [2.75, 3.05) is 0 Å². The molecule has 0 aromatic carbocycles. The van der Waals surface area contributed by atoms with Crippen molar-refractivity contribution >= 4 is 14.6 Å². The Kier molecular flexibility index (Phi) is 12.2. The second-order valence-electron chi connectivity index (χ2n) is 8.51. The van der Waals surface area contributed by atoms with Crippen molar-refractivity contribution in [2.45, 2.75) is 123 Å². The third kappa shape index (κ3) is 11.1. The standard InChI is InChI=1S/C20H42O2Si/c1-7-8-16-19(22-23(5,6)20(2,3)4)17-14-12-10-9-11-13-15-18-21/h18-19H,7-17H2,1-6H3. The molecule has 23 heavy (non-hydrogen) atoms. The maximum atomic E-state index is 10.3. The number of hydrogen-bond acceptors (Lipinski definition) is 2. The zero-order valence-electron chi connectivity index (χ0n) is 16.7. The molecule has 0 heterocycles. The monoisotopic (exact) mass is 342 g/mol. The molecule has 0 aliphatic rings. The summed E-state index contributed by atoms with van der Waals surface area (Å²) in [6, 6.07) is 0. The SMILES string of the molecule is CCCCC(CCCCCCCCC=O)O[Si](C)(C)C(C)(C)C. The van der Waals surface area contributed by atoms with E-state index in [1.54, 1.807) is 0 Å². The average molecular weight is 343 g/mol. The van der Waals surface area contributed by atoms with E-state index in [2.05, 4.69) is 40.8 Å². The molecular formula is C20H42O2Si. The second kappa shape index (κ2) is 12.2. The number of unbranched alkanes of at least 4 members (excludes halogenated alkanes) is 7. The van der Waals surface area contributed by atoms with Crippen molar-refractivity contribution in [1.29, 1.82) is 0 Å². The Morgan fingerprint density at radius 2 is 1.43 bits per heavy atom. The largest absolute Gasteiger partial charge is 0.414 e. The van der Waals surface area contributed by atoms with Gasteiger partial charge in [0.25, 0.3) is 0 Å². The van der Waals surface area contributed by atoms with Crippen LogP contribution in [-0.4, -0.2) is 20.7 Å². The fourth-order valence-electron chi connectivity index (χ4n) is 2.59. The quantitative estimate of drug-likeness (QED) is 0.195. The van der Waals surface area contributed by atoms with E-state index in [1.807, 2.05) is 0 Å². The number of hydrogen-bond donors (Lipinski definition) is 0. The first-order valence-electron chi connectivity index (χ1n) is 9.86. The lowest BCUT2D eigenvalue weighted by atomic mass is 10.0. The van der Waals surface area contributed by atoms with Crippen molar-refractivity contribution in [3.05, 3.63) is 0 Å². The van der Waals surface area contributed by atoms with Gasteiger partial charge < -0.3 is 9.22 Å². The summed E-state index contributed by atoms with van der Waals surface area (Å²) in [4.78, 5) is 10.3. The van der Waals surface area contributed by atoms with Gasteiger partial charge >= 0.3 is 0 Å². The molecule has 0 bridgehead atoms. The highest BCUT2D eigenvalue weighted by atomic mass is 28.4. The summed E-state index contributed by atoms with van der Waals surface area (Å²) < 4.78 is 6.66. The zero-order chi connectivity index (χ0) is 17.8. The zero-order valence-corrected chi connectivity index (χ0v) is 17.7. The van der Waals surface area contributed by atoms with Crippen LogP contribution in [0.3, 0.4) is 0 Å². The number of carbonyl (C=O) groups is 1. The third-order valence-electron chi connectivity index (χ3n) is 5.25. The van der Waals surface area contributed by atoms with E-state index < -0.39 is 8.32 Å². The minimum absolute atomic E-state index is 0.302. The minimum Gasteiger partial charge on any atom is -0.414 e. The van der Waals surface area contributed by atoms with Gasteiger partial charge in [0.2, 0.25) is 0 Å². The fourth-order valence-corrected chi connectivity index (χ4v) is 4.02. The first-order valence-corrected chi connectivity index (χ1v) is 12.8. The van der Waals surface area contributed by atoms with Gasteiger partial charge in [-0.15, -0.1) is 0 Å². The maximum Gasteiger partial charge on any atom is 0.192 e. The summed E-state index contributed by atoms with van der Waals surface area (Å²) in [6.45, 7) is 14.0. The van der Waals surface area contributed by atoms with Gasteiger partial charge in [0.1, 0.15) is 6.29 Å². The number of carbonyl (C=O) groups excluding carboxylic acids is 1. The Balaban J connectivity index is 4.08. The highest BCUT2D eigenvalue weighted by molar-refractivity contribution is 6.74. The van der Waals surface area contributed by atoms with E-state index in [0.29, 0.717) is 11.1 Å². The summed E-state index contributed by atoms with van der Waals surface area (Å²) in [6.07, 6.45) is 14.7. The number of aldehydes is 1. The maximum absolute atomic E-state index is 10.3. The van der Waals surface area contributed by atoms with Crippen LogP contribution in [0.15, 0.2) is 0 Å².